The quantitative estimate of drug-likeness (QED) is 0.899. The molecule has 1 amide bonds. The molecule has 2 saturated carbocycles. The molecule has 0 radical (unpaired) electrons. The first-order valence-corrected chi connectivity index (χ1v) is 8.22. The average Bonchev–Trinajstić information content (AvgIpc) is 3.07. The normalized spacial score (nSPS) is 28.3. The standard InChI is InChI=1S/C17H23ClN2O2.ClH/c1-20(9-12-8-13(18)5-6-14(12)22-2)17(21)15-10-3-4-11(7-10)16(15)19;/h5-6,8,10-11,15-16H,3-4,7,9,19H2,1-2H3;1H. The highest BCUT2D eigenvalue weighted by Gasteiger charge is 2.49. The van der Waals surface area contributed by atoms with Crippen LogP contribution >= 0.6 is 24.0 Å². The highest BCUT2D eigenvalue weighted by molar-refractivity contribution is 6.30. The third-order valence-corrected chi connectivity index (χ3v) is 5.53. The van der Waals surface area contributed by atoms with Crippen LogP contribution in [0.2, 0.25) is 5.02 Å². The Hall–Kier alpha value is -0.970. The van der Waals surface area contributed by atoms with Crippen LogP contribution in [0.15, 0.2) is 18.2 Å². The fourth-order valence-corrected chi connectivity index (χ4v) is 4.36. The van der Waals surface area contributed by atoms with E-state index < -0.39 is 0 Å². The van der Waals surface area contributed by atoms with Crippen LogP contribution in [-0.2, 0) is 11.3 Å². The van der Waals surface area contributed by atoms with Gasteiger partial charge in [0.1, 0.15) is 5.75 Å². The zero-order valence-electron chi connectivity index (χ0n) is 13.5. The second kappa shape index (κ2) is 7.29. The van der Waals surface area contributed by atoms with Crippen molar-refractivity contribution in [2.45, 2.75) is 31.8 Å². The fraction of sp³-hybridized carbons (Fsp3) is 0.588. The molecular formula is C17H24Cl2N2O2. The number of carbonyl (C=O) groups excluding carboxylic acids is 1. The highest BCUT2D eigenvalue weighted by Crippen LogP contribution is 2.48. The van der Waals surface area contributed by atoms with Gasteiger partial charge in [-0.3, -0.25) is 4.79 Å². The van der Waals surface area contributed by atoms with Crippen LogP contribution in [0.3, 0.4) is 0 Å². The Morgan fingerprint density at radius 2 is 2.09 bits per heavy atom. The van der Waals surface area contributed by atoms with E-state index in [-0.39, 0.29) is 30.3 Å². The zero-order valence-corrected chi connectivity index (χ0v) is 15.1. The van der Waals surface area contributed by atoms with Gasteiger partial charge in [0.15, 0.2) is 0 Å². The van der Waals surface area contributed by atoms with E-state index in [1.165, 1.54) is 6.42 Å². The Kier molecular flexibility index (Phi) is 5.82. The Morgan fingerprint density at radius 1 is 1.39 bits per heavy atom. The van der Waals surface area contributed by atoms with Crippen LogP contribution in [0.25, 0.3) is 0 Å². The van der Waals surface area contributed by atoms with E-state index in [9.17, 15) is 4.79 Å². The summed E-state index contributed by atoms with van der Waals surface area (Å²) in [6.07, 6.45) is 3.44. The number of carbonyl (C=O) groups is 1. The Labute approximate surface area is 148 Å². The predicted molar refractivity (Wildman–Crippen MR) is 94.0 cm³/mol. The van der Waals surface area contributed by atoms with Gasteiger partial charge in [0, 0.05) is 30.2 Å². The van der Waals surface area contributed by atoms with Gasteiger partial charge in [-0.15, -0.1) is 12.4 Å². The van der Waals surface area contributed by atoms with Crippen molar-refractivity contribution >= 4 is 29.9 Å². The van der Waals surface area contributed by atoms with E-state index >= 15 is 0 Å². The molecule has 2 aliphatic carbocycles. The molecule has 0 aromatic heterocycles. The van der Waals surface area contributed by atoms with Gasteiger partial charge < -0.3 is 15.4 Å². The largest absolute Gasteiger partial charge is 0.496 e. The fourth-order valence-electron chi connectivity index (χ4n) is 4.16. The van der Waals surface area contributed by atoms with Gasteiger partial charge in [-0.25, -0.2) is 0 Å². The lowest BCUT2D eigenvalue weighted by molar-refractivity contribution is -0.137. The predicted octanol–water partition coefficient (Wildman–Crippen LogP) is 3.10. The van der Waals surface area contributed by atoms with E-state index in [0.29, 0.717) is 23.4 Å². The molecular weight excluding hydrogens is 335 g/mol. The molecule has 0 spiro atoms. The van der Waals surface area contributed by atoms with Crippen LogP contribution in [-0.4, -0.2) is 31.0 Å². The molecule has 4 unspecified atom stereocenters. The number of amides is 1. The topological polar surface area (TPSA) is 55.6 Å². The minimum Gasteiger partial charge on any atom is -0.496 e. The number of fused-ring (bicyclic) bond motifs is 2. The first-order valence-electron chi connectivity index (χ1n) is 7.84. The van der Waals surface area contributed by atoms with Gasteiger partial charge >= 0.3 is 0 Å². The summed E-state index contributed by atoms with van der Waals surface area (Å²) in [5.74, 6) is 1.89. The van der Waals surface area contributed by atoms with E-state index in [2.05, 4.69) is 0 Å². The second-order valence-electron chi connectivity index (χ2n) is 6.59. The summed E-state index contributed by atoms with van der Waals surface area (Å²) in [7, 11) is 3.46. The van der Waals surface area contributed by atoms with Gasteiger partial charge in [-0.2, -0.15) is 0 Å². The van der Waals surface area contributed by atoms with Gasteiger partial charge in [-0.1, -0.05) is 11.6 Å². The van der Waals surface area contributed by atoms with E-state index in [1.807, 2.05) is 19.2 Å². The van der Waals surface area contributed by atoms with E-state index in [4.69, 9.17) is 22.1 Å². The number of methoxy groups -OCH3 is 1. The van der Waals surface area contributed by atoms with Crippen LogP contribution in [0.5, 0.6) is 5.75 Å². The molecule has 1 aromatic carbocycles. The summed E-state index contributed by atoms with van der Waals surface area (Å²) in [4.78, 5) is 14.6. The third-order valence-electron chi connectivity index (χ3n) is 5.29. The molecule has 1 aromatic rings. The van der Waals surface area contributed by atoms with Crippen molar-refractivity contribution in [2.75, 3.05) is 14.2 Å². The Balaban J connectivity index is 0.00000192. The maximum absolute atomic E-state index is 12.8. The maximum Gasteiger partial charge on any atom is 0.227 e. The molecule has 0 aliphatic heterocycles. The van der Waals surface area contributed by atoms with Crippen molar-refractivity contribution in [3.63, 3.8) is 0 Å². The highest BCUT2D eigenvalue weighted by atomic mass is 35.5. The molecule has 2 fully saturated rings. The summed E-state index contributed by atoms with van der Waals surface area (Å²) >= 11 is 6.06. The summed E-state index contributed by atoms with van der Waals surface area (Å²) in [6.45, 7) is 0.489. The molecule has 0 heterocycles. The summed E-state index contributed by atoms with van der Waals surface area (Å²) < 4.78 is 5.36. The van der Waals surface area contributed by atoms with Crippen LogP contribution in [0.1, 0.15) is 24.8 Å². The molecule has 4 nitrogen and oxygen atoms in total. The zero-order chi connectivity index (χ0) is 15.9. The second-order valence-corrected chi connectivity index (χ2v) is 7.02. The first kappa shape index (κ1) is 18.4. The molecule has 23 heavy (non-hydrogen) atoms. The number of benzene rings is 1. The average molecular weight is 359 g/mol. The van der Waals surface area contributed by atoms with Crippen LogP contribution in [0.4, 0.5) is 0 Å². The van der Waals surface area contributed by atoms with Crippen LogP contribution in [0, 0.1) is 17.8 Å². The van der Waals surface area contributed by atoms with Gasteiger partial charge in [-0.05, 0) is 49.3 Å². The monoisotopic (exact) mass is 358 g/mol. The molecule has 4 atom stereocenters. The summed E-state index contributed by atoms with van der Waals surface area (Å²) in [5, 5.41) is 0.647. The van der Waals surface area contributed by atoms with Crippen molar-refractivity contribution in [1.82, 2.24) is 4.90 Å². The van der Waals surface area contributed by atoms with Crippen LogP contribution < -0.4 is 10.5 Å². The number of hydrogen-bond donors (Lipinski definition) is 1. The minimum atomic E-state index is -0.0195. The summed E-state index contributed by atoms with van der Waals surface area (Å²) in [6, 6.07) is 5.50. The summed E-state index contributed by atoms with van der Waals surface area (Å²) in [5.41, 5.74) is 7.20. The Morgan fingerprint density at radius 3 is 2.70 bits per heavy atom. The van der Waals surface area contributed by atoms with Crippen molar-refractivity contribution in [3.05, 3.63) is 28.8 Å². The lowest BCUT2D eigenvalue weighted by Gasteiger charge is -2.31. The number of nitrogens with two attached hydrogens (primary N) is 1. The first-order chi connectivity index (χ1) is 10.5. The molecule has 2 bridgehead atoms. The number of ether oxygens (including phenoxy) is 1. The molecule has 0 saturated heterocycles. The smallest absolute Gasteiger partial charge is 0.227 e. The van der Waals surface area contributed by atoms with Crippen molar-refractivity contribution in [2.24, 2.45) is 23.5 Å². The van der Waals surface area contributed by atoms with E-state index in [0.717, 1.165) is 24.2 Å². The number of hydrogen-bond acceptors (Lipinski definition) is 3. The van der Waals surface area contributed by atoms with Crippen molar-refractivity contribution < 1.29 is 9.53 Å². The molecule has 3 rings (SSSR count). The number of rotatable bonds is 4. The molecule has 6 heteroatoms. The lowest BCUT2D eigenvalue weighted by Crippen LogP contribution is -2.45. The van der Waals surface area contributed by atoms with E-state index in [1.54, 1.807) is 18.1 Å². The van der Waals surface area contributed by atoms with Gasteiger partial charge in [0.25, 0.3) is 0 Å². The molecule has 2 N–H and O–H groups in total. The Bertz CT molecular complexity index is 580. The number of nitrogens with zero attached hydrogens (tertiary/aromatic N) is 1. The van der Waals surface area contributed by atoms with Crippen molar-refractivity contribution in [1.29, 1.82) is 0 Å². The minimum absolute atomic E-state index is 0. The van der Waals surface area contributed by atoms with Gasteiger partial charge in [0.2, 0.25) is 5.91 Å². The number of halogens is 2. The van der Waals surface area contributed by atoms with Gasteiger partial charge in [0.05, 0.1) is 13.0 Å². The maximum atomic E-state index is 12.8. The SMILES string of the molecule is COc1ccc(Cl)cc1CN(C)C(=O)C1C2CCC(C2)C1N.Cl. The third kappa shape index (κ3) is 3.44. The van der Waals surface area contributed by atoms with Crippen molar-refractivity contribution in [3.8, 4) is 5.75 Å². The molecule has 2 aliphatic rings. The molecule has 128 valence electrons. The lowest BCUT2D eigenvalue weighted by atomic mass is 9.84.